The zero-order chi connectivity index (χ0) is 9.54. The van der Waals surface area contributed by atoms with Gasteiger partial charge in [0.25, 0.3) is 0 Å². The van der Waals surface area contributed by atoms with Crippen LogP contribution in [0.1, 0.15) is 19.3 Å². The fourth-order valence-corrected chi connectivity index (χ4v) is 2.55. The molecule has 14 heavy (non-hydrogen) atoms. The van der Waals surface area contributed by atoms with Crippen molar-refractivity contribution in [2.24, 2.45) is 11.8 Å². The Labute approximate surface area is 82.9 Å². The summed E-state index contributed by atoms with van der Waals surface area (Å²) in [6.45, 7) is 0. The number of rotatable bonds is 0. The molecule has 2 atom stereocenters. The van der Waals surface area contributed by atoms with E-state index in [4.69, 9.17) is 4.74 Å². The average molecular weight is 188 g/mol. The zero-order valence-corrected chi connectivity index (χ0v) is 7.90. The van der Waals surface area contributed by atoms with Crippen LogP contribution >= 0.6 is 0 Å². The number of hydrogen-bond donors (Lipinski definition) is 0. The van der Waals surface area contributed by atoms with Crippen molar-refractivity contribution in [1.82, 2.24) is 0 Å². The fraction of sp³-hybridized carbons (Fsp3) is 0.417. The van der Waals surface area contributed by atoms with Gasteiger partial charge in [0.1, 0.15) is 5.76 Å². The van der Waals surface area contributed by atoms with E-state index in [0.29, 0.717) is 18.3 Å². The zero-order valence-electron chi connectivity index (χ0n) is 7.90. The molecule has 0 saturated carbocycles. The van der Waals surface area contributed by atoms with Gasteiger partial charge in [-0.2, -0.15) is 0 Å². The Morgan fingerprint density at radius 2 is 2.21 bits per heavy atom. The summed E-state index contributed by atoms with van der Waals surface area (Å²) in [7, 11) is 0. The average Bonchev–Trinajstić information content (AvgIpc) is 2.59. The van der Waals surface area contributed by atoms with Crippen molar-refractivity contribution in [3.8, 4) is 0 Å². The lowest BCUT2D eigenvalue weighted by molar-refractivity contribution is -0.135. The summed E-state index contributed by atoms with van der Waals surface area (Å²) in [6, 6.07) is 0. The van der Waals surface area contributed by atoms with Crippen LogP contribution in [0.3, 0.4) is 0 Å². The van der Waals surface area contributed by atoms with E-state index in [2.05, 4.69) is 18.2 Å². The molecule has 1 saturated heterocycles. The number of carbonyl (C=O) groups excluding carboxylic acids is 1. The van der Waals surface area contributed by atoms with E-state index in [9.17, 15) is 4.79 Å². The Balaban J connectivity index is 2.06. The number of fused-ring (bicyclic) bond motifs is 2. The molecule has 2 unspecified atom stereocenters. The van der Waals surface area contributed by atoms with Crippen molar-refractivity contribution in [3.63, 3.8) is 0 Å². The van der Waals surface area contributed by atoms with Crippen LogP contribution < -0.4 is 0 Å². The van der Waals surface area contributed by atoms with Crippen molar-refractivity contribution in [2.45, 2.75) is 19.3 Å². The van der Waals surface area contributed by atoms with Crippen molar-refractivity contribution >= 4 is 5.97 Å². The van der Waals surface area contributed by atoms with Gasteiger partial charge in [-0.05, 0) is 18.4 Å². The van der Waals surface area contributed by atoms with Gasteiger partial charge in [-0.3, -0.25) is 4.79 Å². The second-order valence-electron chi connectivity index (χ2n) is 4.12. The standard InChI is InChI=1S/C12H12O2/c13-11-7-9-6-5-8-3-1-2-4-10(8)12(9)14-11/h1-4,8-9H,5-7H2. The lowest BCUT2D eigenvalue weighted by Crippen LogP contribution is -2.15. The van der Waals surface area contributed by atoms with E-state index < -0.39 is 0 Å². The summed E-state index contributed by atoms with van der Waals surface area (Å²) in [5.41, 5.74) is 1.23. The molecule has 0 aromatic rings. The first kappa shape index (κ1) is 8.04. The Morgan fingerprint density at radius 3 is 3.14 bits per heavy atom. The maximum absolute atomic E-state index is 11.2. The third kappa shape index (κ3) is 1.07. The molecule has 72 valence electrons. The highest BCUT2D eigenvalue weighted by molar-refractivity contribution is 5.75. The molecule has 3 aliphatic rings. The van der Waals surface area contributed by atoms with E-state index in [1.165, 1.54) is 5.57 Å². The highest BCUT2D eigenvalue weighted by atomic mass is 16.5. The molecule has 0 amide bonds. The van der Waals surface area contributed by atoms with Gasteiger partial charge in [-0.25, -0.2) is 0 Å². The van der Waals surface area contributed by atoms with Crippen LogP contribution in [0, 0.1) is 11.8 Å². The molecule has 1 fully saturated rings. The van der Waals surface area contributed by atoms with Gasteiger partial charge in [0.05, 0.1) is 6.42 Å². The highest BCUT2D eigenvalue weighted by Gasteiger charge is 2.37. The maximum Gasteiger partial charge on any atom is 0.311 e. The third-order valence-corrected chi connectivity index (χ3v) is 3.25. The molecule has 0 bridgehead atoms. The molecule has 2 nitrogen and oxygen atoms in total. The van der Waals surface area contributed by atoms with Gasteiger partial charge in [0, 0.05) is 11.8 Å². The SMILES string of the molecule is O=C1CC2CCC3C=CC=CC3=C2O1. The summed E-state index contributed by atoms with van der Waals surface area (Å²) in [4.78, 5) is 11.2. The molecular weight excluding hydrogens is 176 g/mol. The molecule has 0 spiro atoms. The first-order chi connectivity index (χ1) is 6.84. The Bertz CT molecular complexity index is 374. The third-order valence-electron chi connectivity index (χ3n) is 3.25. The van der Waals surface area contributed by atoms with E-state index in [0.717, 1.165) is 18.6 Å². The van der Waals surface area contributed by atoms with Crippen LogP contribution in [0.5, 0.6) is 0 Å². The topological polar surface area (TPSA) is 26.3 Å². The van der Waals surface area contributed by atoms with Crippen LogP contribution in [0.15, 0.2) is 35.6 Å². The highest BCUT2D eigenvalue weighted by Crippen LogP contribution is 2.42. The molecule has 3 rings (SSSR count). The summed E-state index contributed by atoms with van der Waals surface area (Å²) in [5.74, 6) is 1.75. The van der Waals surface area contributed by atoms with Gasteiger partial charge in [0.15, 0.2) is 0 Å². The Morgan fingerprint density at radius 1 is 1.29 bits per heavy atom. The Hall–Kier alpha value is -1.31. The van der Waals surface area contributed by atoms with Crippen LogP contribution in [0.2, 0.25) is 0 Å². The first-order valence-corrected chi connectivity index (χ1v) is 5.14. The smallest absolute Gasteiger partial charge is 0.311 e. The summed E-state index contributed by atoms with van der Waals surface area (Å²) in [5, 5.41) is 0. The molecule has 2 aliphatic carbocycles. The van der Waals surface area contributed by atoms with Crippen molar-refractivity contribution in [3.05, 3.63) is 35.6 Å². The quantitative estimate of drug-likeness (QED) is 0.545. The van der Waals surface area contributed by atoms with Crippen molar-refractivity contribution in [2.75, 3.05) is 0 Å². The number of carbonyl (C=O) groups is 1. The monoisotopic (exact) mass is 188 g/mol. The predicted octanol–water partition coefficient (Wildman–Crippen LogP) is 2.34. The minimum Gasteiger partial charge on any atom is -0.430 e. The predicted molar refractivity (Wildman–Crippen MR) is 52.2 cm³/mol. The normalized spacial score (nSPS) is 34.1. The fourth-order valence-electron chi connectivity index (χ4n) is 2.55. The molecule has 1 heterocycles. The molecule has 0 radical (unpaired) electrons. The lowest BCUT2D eigenvalue weighted by atomic mass is 9.79. The largest absolute Gasteiger partial charge is 0.430 e. The lowest BCUT2D eigenvalue weighted by Gasteiger charge is -2.26. The van der Waals surface area contributed by atoms with Gasteiger partial charge in [-0.15, -0.1) is 0 Å². The molecule has 0 N–H and O–H groups in total. The van der Waals surface area contributed by atoms with E-state index in [1.54, 1.807) is 0 Å². The summed E-state index contributed by atoms with van der Waals surface area (Å²) in [6.07, 6.45) is 11.2. The number of ether oxygens (including phenoxy) is 1. The van der Waals surface area contributed by atoms with Crippen LogP contribution in [-0.2, 0) is 9.53 Å². The van der Waals surface area contributed by atoms with Gasteiger partial charge in [0.2, 0.25) is 0 Å². The molecule has 0 aromatic carbocycles. The molecule has 1 aliphatic heterocycles. The van der Waals surface area contributed by atoms with Crippen LogP contribution in [0.4, 0.5) is 0 Å². The first-order valence-electron chi connectivity index (χ1n) is 5.14. The second-order valence-corrected chi connectivity index (χ2v) is 4.12. The van der Waals surface area contributed by atoms with Crippen LogP contribution in [-0.4, -0.2) is 5.97 Å². The number of allylic oxidation sites excluding steroid dienone is 6. The van der Waals surface area contributed by atoms with Crippen LogP contribution in [0.25, 0.3) is 0 Å². The number of esters is 1. The minimum absolute atomic E-state index is 0.0545. The Kier molecular flexibility index (Phi) is 1.63. The maximum atomic E-state index is 11.2. The van der Waals surface area contributed by atoms with Crippen molar-refractivity contribution in [1.29, 1.82) is 0 Å². The molecule has 0 aromatic heterocycles. The summed E-state index contributed by atoms with van der Waals surface area (Å²) >= 11 is 0. The second kappa shape index (κ2) is 2.84. The van der Waals surface area contributed by atoms with Gasteiger partial charge < -0.3 is 4.74 Å². The molecular formula is C12H12O2. The molecule has 2 heteroatoms. The summed E-state index contributed by atoms with van der Waals surface area (Å²) < 4.78 is 5.29. The van der Waals surface area contributed by atoms with E-state index >= 15 is 0 Å². The van der Waals surface area contributed by atoms with Gasteiger partial charge in [-0.1, -0.05) is 24.3 Å². The number of hydrogen-bond acceptors (Lipinski definition) is 2. The van der Waals surface area contributed by atoms with E-state index in [1.807, 2.05) is 6.08 Å². The van der Waals surface area contributed by atoms with Gasteiger partial charge >= 0.3 is 5.97 Å². The minimum atomic E-state index is -0.0545. The van der Waals surface area contributed by atoms with Crippen molar-refractivity contribution < 1.29 is 9.53 Å². The van der Waals surface area contributed by atoms with E-state index in [-0.39, 0.29) is 5.97 Å².